The number of phosphoric ester groups is 2. The van der Waals surface area contributed by atoms with E-state index in [1.807, 2.05) is 12.2 Å². The first kappa shape index (κ1) is 102. The van der Waals surface area contributed by atoms with Crippen molar-refractivity contribution >= 4 is 39.5 Å². The van der Waals surface area contributed by atoms with Crippen LogP contribution in [0.15, 0.2) is 170 Å². The van der Waals surface area contributed by atoms with Crippen molar-refractivity contribution in [2.75, 3.05) is 39.6 Å². The molecule has 2 unspecified atom stereocenters. The van der Waals surface area contributed by atoms with Crippen LogP contribution in [0, 0.1) is 0 Å². The molecule has 19 heteroatoms. The van der Waals surface area contributed by atoms with Gasteiger partial charge in [0.15, 0.2) is 12.2 Å². The Balaban J connectivity index is 5.49. The lowest BCUT2D eigenvalue weighted by Gasteiger charge is -2.21. The third kappa shape index (κ3) is 78.5. The molecule has 0 aliphatic rings. The van der Waals surface area contributed by atoms with Gasteiger partial charge in [0.25, 0.3) is 0 Å². The Kier molecular flexibility index (Phi) is 75.4. The molecule has 0 aromatic carbocycles. The van der Waals surface area contributed by atoms with Crippen LogP contribution in [-0.2, 0) is 65.4 Å². The lowest BCUT2D eigenvalue weighted by Crippen LogP contribution is -2.30. The molecule has 0 spiro atoms. The molecule has 0 saturated heterocycles. The van der Waals surface area contributed by atoms with Crippen LogP contribution in [0.1, 0.15) is 310 Å². The molecule has 0 saturated carbocycles. The number of aliphatic hydroxyl groups is 1. The van der Waals surface area contributed by atoms with Gasteiger partial charge in [0, 0.05) is 25.7 Å². The monoisotopic (exact) mass is 1550 g/mol. The second kappa shape index (κ2) is 79.5. The number of rotatable bonds is 76. The fourth-order valence-corrected chi connectivity index (χ4v) is 12.0. The van der Waals surface area contributed by atoms with Gasteiger partial charge in [0.2, 0.25) is 0 Å². The number of hydrogen-bond donors (Lipinski definition) is 3. The van der Waals surface area contributed by atoms with E-state index in [9.17, 15) is 43.2 Å². The standard InChI is InChI=1S/C89H146O17P2/c1-5-9-13-17-21-25-29-33-36-39-41-44-47-51-54-58-62-66-70-74-87(92)100-80-85(106-89(94)76-72-68-64-60-56-52-48-45-42-40-37-34-30-26-22-18-14-10-6-2)82-104-108(97,98)102-78-83(90)77-101-107(95,96)103-81-84(105-88(93)75-71-67-63-59-55-49-32-28-24-20-16-12-8-4)79-99-86(91)73-69-65-61-57-53-50-46-43-38-35-31-27-23-19-15-11-7-3/h9-10,13-14,21-23,25-27,33-38,41-42,44-46,50-52,54,56-57,61,83-85,90H,5-8,11-12,15-20,24,28-32,39-40,43,47-49,53,55,58-60,62-82H2,1-4H3,(H,95,96)(H,97,98)/b13-9-,14-10-,25-21-,26-22-,27-23-,36-33-,37-34-,38-35-,44-41-,45-42-,50-46-,54-51-,56-52-,61-57-/t83-,84+,85+/m0/s1. The van der Waals surface area contributed by atoms with Crippen LogP contribution in [0.25, 0.3) is 0 Å². The third-order valence-electron chi connectivity index (χ3n) is 16.7. The first-order valence-corrected chi connectivity index (χ1v) is 44.4. The molecule has 614 valence electrons. The summed E-state index contributed by atoms with van der Waals surface area (Å²) >= 11 is 0. The highest BCUT2D eigenvalue weighted by molar-refractivity contribution is 7.47. The molecule has 0 aliphatic carbocycles. The number of carbonyl (C=O) groups is 4. The number of phosphoric acid groups is 2. The SMILES string of the molecule is CC/C=C\C/C=C\C/C=C\C/C=C\C/C=C\CCCCCC(=O)OC[C@H](COP(=O)(O)OC[C@@H](O)COP(=O)(O)OC[C@@H](COC(=O)CCC/C=C\C/C=C\C/C=C\C/C=C\CCCCC)OC(=O)CCCCCCCCCCCCCCC)OC(=O)CCCCC/C=C\C/C=C\C/C=C\C/C=C\C/C=C\CC. The summed E-state index contributed by atoms with van der Waals surface area (Å²) in [5, 5.41) is 10.7. The van der Waals surface area contributed by atoms with Crippen molar-refractivity contribution in [3.8, 4) is 0 Å². The predicted octanol–water partition coefficient (Wildman–Crippen LogP) is 24.6. The minimum Gasteiger partial charge on any atom is -0.462 e. The van der Waals surface area contributed by atoms with Crippen LogP contribution >= 0.6 is 15.6 Å². The molecule has 17 nitrogen and oxygen atoms in total. The molecule has 0 rings (SSSR count). The Hall–Kier alpha value is -5.58. The molecule has 0 amide bonds. The number of hydrogen-bond acceptors (Lipinski definition) is 15. The second-order valence-corrected chi connectivity index (χ2v) is 29.9. The molecule has 0 aliphatic heterocycles. The highest BCUT2D eigenvalue weighted by Crippen LogP contribution is 2.45. The average Bonchev–Trinajstić information content (AvgIpc) is 0.892. The Morgan fingerprint density at radius 1 is 0.269 bits per heavy atom. The van der Waals surface area contributed by atoms with Gasteiger partial charge in [0.1, 0.15) is 19.3 Å². The number of carbonyl (C=O) groups excluding carboxylic acids is 4. The van der Waals surface area contributed by atoms with Crippen LogP contribution in [-0.4, -0.2) is 96.7 Å². The lowest BCUT2D eigenvalue weighted by atomic mass is 10.0. The molecule has 0 bridgehead atoms. The maximum absolute atomic E-state index is 13.1. The minimum atomic E-state index is -5.01. The van der Waals surface area contributed by atoms with Gasteiger partial charge in [-0.25, -0.2) is 9.13 Å². The van der Waals surface area contributed by atoms with Crippen LogP contribution in [0.3, 0.4) is 0 Å². The van der Waals surface area contributed by atoms with Gasteiger partial charge in [-0.15, -0.1) is 0 Å². The van der Waals surface area contributed by atoms with E-state index >= 15 is 0 Å². The first-order valence-electron chi connectivity index (χ1n) is 41.4. The van der Waals surface area contributed by atoms with E-state index in [-0.39, 0.29) is 25.7 Å². The van der Waals surface area contributed by atoms with Crippen molar-refractivity contribution in [2.24, 2.45) is 0 Å². The van der Waals surface area contributed by atoms with E-state index in [0.29, 0.717) is 32.1 Å². The molecule has 0 aromatic heterocycles. The van der Waals surface area contributed by atoms with Crippen molar-refractivity contribution in [1.82, 2.24) is 0 Å². The lowest BCUT2D eigenvalue weighted by molar-refractivity contribution is -0.161. The zero-order valence-electron chi connectivity index (χ0n) is 67.2. The van der Waals surface area contributed by atoms with Gasteiger partial charge in [-0.1, -0.05) is 301 Å². The summed E-state index contributed by atoms with van der Waals surface area (Å²) in [5.41, 5.74) is 0. The van der Waals surface area contributed by atoms with Crippen molar-refractivity contribution in [3.05, 3.63) is 170 Å². The first-order chi connectivity index (χ1) is 52.7. The van der Waals surface area contributed by atoms with Crippen LogP contribution in [0.2, 0.25) is 0 Å². The largest absolute Gasteiger partial charge is 0.472 e. The minimum absolute atomic E-state index is 0.0406. The predicted molar refractivity (Wildman–Crippen MR) is 445 cm³/mol. The normalized spacial score (nSPS) is 14.7. The number of esters is 4. The molecule has 5 atom stereocenters. The molecular formula is C89H146O17P2. The molecule has 108 heavy (non-hydrogen) atoms. The van der Waals surface area contributed by atoms with Crippen LogP contribution in [0.4, 0.5) is 0 Å². The Labute approximate surface area is 654 Å². The van der Waals surface area contributed by atoms with E-state index in [2.05, 4.69) is 186 Å². The third-order valence-corrected chi connectivity index (χ3v) is 18.6. The van der Waals surface area contributed by atoms with E-state index < -0.39 is 97.5 Å². The molecule has 3 N–H and O–H groups in total. The number of allylic oxidation sites excluding steroid dienone is 28. The van der Waals surface area contributed by atoms with Crippen LogP contribution in [0.5, 0.6) is 0 Å². The quantitative estimate of drug-likeness (QED) is 0.0169. The van der Waals surface area contributed by atoms with Gasteiger partial charge in [-0.05, 0) is 154 Å². The number of ether oxygens (including phenoxy) is 4. The summed E-state index contributed by atoms with van der Waals surface area (Å²) in [6, 6.07) is 0. The fraction of sp³-hybridized carbons (Fsp3) is 0.640. The number of unbranched alkanes of at least 4 members (excludes halogenated alkanes) is 22. The summed E-state index contributed by atoms with van der Waals surface area (Å²) in [5.74, 6) is -2.32. The van der Waals surface area contributed by atoms with Crippen molar-refractivity contribution in [3.63, 3.8) is 0 Å². The molecular weight excluding hydrogens is 1400 g/mol. The zero-order chi connectivity index (χ0) is 78.9. The maximum Gasteiger partial charge on any atom is 0.472 e. The van der Waals surface area contributed by atoms with Gasteiger partial charge >= 0.3 is 39.5 Å². The number of aliphatic hydroxyl groups excluding tert-OH is 1. The summed E-state index contributed by atoms with van der Waals surface area (Å²) in [4.78, 5) is 73.1. The summed E-state index contributed by atoms with van der Waals surface area (Å²) in [6.45, 7) is 4.48. The smallest absolute Gasteiger partial charge is 0.462 e. The van der Waals surface area contributed by atoms with E-state index in [1.165, 1.54) is 70.6 Å². The maximum atomic E-state index is 13.1. The van der Waals surface area contributed by atoms with Gasteiger partial charge < -0.3 is 33.8 Å². The Morgan fingerprint density at radius 2 is 0.491 bits per heavy atom. The van der Waals surface area contributed by atoms with Crippen molar-refractivity contribution in [2.45, 2.75) is 329 Å². The molecule has 0 heterocycles. The molecule has 0 aromatic rings. The Bertz CT molecular complexity index is 2710. The Morgan fingerprint density at radius 3 is 0.796 bits per heavy atom. The van der Waals surface area contributed by atoms with E-state index in [4.69, 9.17) is 37.0 Å². The van der Waals surface area contributed by atoms with Crippen molar-refractivity contribution in [1.29, 1.82) is 0 Å². The van der Waals surface area contributed by atoms with E-state index in [0.717, 1.165) is 154 Å². The fourth-order valence-electron chi connectivity index (χ4n) is 10.4. The summed E-state index contributed by atoms with van der Waals surface area (Å²) in [6.07, 6.45) is 94.7. The van der Waals surface area contributed by atoms with E-state index in [1.54, 1.807) is 0 Å². The zero-order valence-corrected chi connectivity index (χ0v) is 69.0. The summed E-state index contributed by atoms with van der Waals surface area (Å²) in [7, 11) is -10.0. The second-order valence-electron chi connectivity index (χ2n) is 27.0. The van der Waals surface area contributed by atoms with Crippen molar-refractivity contribution < 1.29 is 80.2 Å². The van der Waals surface area contributed by atoms with Crippen LogP contribution < -0.4 is 0 Å². The van der Waals surface area contributed by atoms with Gasteiger partial charge in [-0.3, -0.25) is 37.3 Å². The topological polar surface area (TPSA) is 237 Å². The molecule has 0 radical (unpaired) electrons. The average molecular weight is 1550 g/mol. The van der Waals surface area contributed by atoms with Gasteiger partial charge in [-0.2, -0.15) is 0 Å². The molecule has 0 fully saturated rings. The highest BCUT2D eigenvalue weighted by Gasteiger charge is 2.30. The summed E-state index contributed by atoms with van der Waals surface area (Å²) < 4.78 is 68.6. The van der Waals surface area contributed by atoms with Gasteiger partial charge in [0.05, 0.1) is 26.4 Å². The highest BCUT2D eigenvalue weighted by atomic mass is 31.2.